The van der Waals surface area contributed by atoms with Gasteiger partial charge in [-0.05, 0) is 63.1 Å². The van der Waals surface area contributed by atoms with Crippen molar-refractivity contribution in [3.63, 3.8) is 0 Å². The molecule has 5 heterocycles. The van der Waals surface area contributed by atoms with Crippen LogP contribution in [-0.4, -0.2) is 70.1 Å². The molecule has 2 fully saturated rings. The average molecular weight is 497 g/mol. The van der Waals surface area contributed by atoms with Gasteiger partial charge in [0.05, 0.1) is 41.1 Å². The van der Waals surface area contributed by atoms with Crippen LogP contribution in [0.25, 0.3) is 33.5 Å². The van der Waals surface area contributed by atoms with E-state index in [4.69, 9.17) is 4.74 Å². The summed E-state index contributed by atoms with van der Waals surface area (Å²) in [5.74, 6) is -0.333. The third kappa shape index (κ3) is 4.99. The Hall–Kier alpha value is -3.62. The predicted octanol–water partition coefficient (Wildman–Crippen LogP) is 4.23. The molecule has 0 radical (unpaired) electrons. The quantitative estimate of drug-likeness (QED) is 0.292. The normalized spacial score (nSPS) is 17.1. The lowest BCUT2D eigenvalue weighted by molar-refractivity contribution is -0.0211. The third-order valence-electron chi connectivity index (χ3n) is 7.50. The van der Waals surface area contributed by atoms with Gasteiger partial charge < -0.3 is 19.9 Å². The minimum Gasteiger partial charge on any atom is -0.462 e. The molecular weight excluding hydrogens is 464 g/mol. The first-order chi connectivity index (χ1) is 18.1. The number of hydrogen-bond donors (Lipinski definition) is 2. The van der Waals surface area contributed by atoms with Crippen LogP contribution in [0, 0.1) is 12.3 Å². The Kier molecular flexibility index (Phi) is 6.44. The fraction of sp³-hybridized carbons (Fsp3) is 0.379. The predicted molar refractivity (Wildman–Crippen MR) is 143 cm³/mol. The first-order valence-electron chi connectivity index (χ1n) is 13.1. The molecular formula is C29H32N6O2. The highest BCUT2D eigenvalue weighted by molar-refractivity contribution is 5.95. The van der Waals surface area contributed by atoms with E-state index < -0.39 is 0 Å². The molecule has 0 bridgehead atoms. The number of nitrogens with one attached hydrogen (secondary N) is 2. The summed E-state index contributed by atoms with van der Waals surface area (Å²) in [6.07, 6.45) is 6.72. The standard InChI is InChI=1S/C29H32N6O2/c1-20-5-2-6-25(34-20)27-26(32-19-33-27)21-7-8-24-22(13-21)14-23(15-31-24)28(36)37-12-4-11-35-17-29(18-35)9-3-10-30-16-29/h2,5-8,13-15,19,30H,3-4,9-12,16-18H2,1H3,(H,32,33). The zero-order valence-corrected chi connectivity index (χ0v) is 21.2. The maximum absolute atomic E-state index is 12.7. The summed E-state index contributed by atoms with van der Waals surface area (Å²) < 4.78 is 5.58. The highest BCUT2D eigenvalue weighted by Crippen LogP contribution is 2.36. The van der Waals surface area contributed by atoms with Crippen LogP contribution < -0.4 is 5.32 Å². The molecule has 4 aromatic rings. The number of aromatic nitrogens is 4. The maximum atomic E-state index is 12.7. The fourth-order valence-electron chi connectivity index (χ4n) is 5.68. The van der Waals surface area contributed by atoms with E-state index in [-0.39, 0.29) is 5.97 Å². The van der Waals surface area contributed by atoms with Gasteiger partial charge in [-0.3, -0.25) is 9.97 Å². The number of benzene rings is 1. The molecule has 190 valence electrons. The lowest BCUT2D eigenvalue weighted by atomic mass is 9.74. The van der Waals surface area contributed by atoms with Crippen molar-refractivity contribution in [2.75, 3.05) is 39.3 Å². The Balaban J connectivity index is 1.09. The number of aryl methyl sites for hydroxylation is 1. The molecule has 0 amide bonds. The Bertz CT molecular complexity index is 1420. The first-order valence-corrected chi connectivity index (χ1v) is 13.1. The third-order valence-corrected chi connectivity index (χ3v) is 7.50. The van der Waals surface area contributed by atoms with E-state index in [1.54, 1.807) is 12.5 Å². The zero-order chi connectivity index (χ0) is 25.2. The Labute approximate surface area is 216 Å². The van der Waals surface area contributed by atoms with Gasteiger partial charge in [0, 0.05) is 54.4 Å². The van der Waals surface area contributed by atoms with Gasteiger partial charge in [-0.25, -0.2) is 9.78 Å². The summed E-state index contributed by atoms with van der Waals surface area (Å²) in [4.78, 5) is 32.1. The van der Waals surface area contributed by atoms with E-state index >= 15 is 0 Å². The van der Waals surface area contributed by atoms with E-state index in [1.807, 2.05) is 49.4 Å². The summed E-state index contributed by atoms with van der Waals surface area (Å²) >= 11 is 0. The molecule has 3 aromatic heterocycles. The molecule has 0 aliphatic carbocycles. The summed E-state index contributed by atoms with van der Waals surface area (Å²) in [6, 6.07) is 13.7. The van der Waals surface area contributed by atoms with Crippen LogP contribution in [0.2, 0.25) is 0 Å². The molecule has 0 unspecified atom stereocenters. The lowest BCUT2D eigenvalue weighted by Crippen LogP contribution is -2.62. The highest BCUT2D eigenvalue weighted by atomic mass is 16.5. The number of aromatic amines is 1. The van der Waals surface area contributed by atoms with Crippen LogP contribution in [0.3, 0.4) is 0 Å². The Morgan fingerprint density at radius 1 is 1.16 bits per heavy atom. The summed E-state index contributed by atoms with van der Waals surface area (Å²) in [5.41, 5.74) is 6.14. The molecule has 0 atom stereocenters. The minimum absolute atomic E-state index is 0.333. The number of pyridine rings is 2. The highest BCUT2D eigenvalue weighted by Gasteiger charge is 2.42. The van der Waals surface area contributed by atoms with Crippen molar-refractivity contribution in [3.8, 4) is 22.6 Å². The molecule has 6 rings (SSSR count). The summed E-state index contributed by atoms with van der Waals surface area (Å²) in [5, 5.41) is 4.39. The molecule has 2 N–H and O–H groups in total. The number of carbonyl (C=O) groups is 1. The number of likely N-dealkylation sites (tertiary alicyclic amines) is 1. The second kappa shape index (κ2) is 10.0. The fourth-order valence-corrected chi connectivity index (χ4v) is 5.68. The molecule has 2 aliphatic heterocycles. The minimum atomic E-state index is -0.333. The van der Waals surface area contributed by atoms with Crippen molar-refractivity contribution in [1.29, 1.82) is 0 Å². The molecule has 8 heteroatoms. The van der Waals surface area contributed by atoms with E-state index in [9.17, 15) is 4.79 Å². The van der Waals surface area contributed by atoms with Crippen molar-refractivity contribution >= 4 is 16.9 Å². The topological polar surface area (TPSA) is 96.0 Å². The number of rotatable bonds is 7. The molecule has 37 heavy (non-hydrogen) atoms. The van der Waals surface area contributed by atoms with Gasteiger partial charge in [0.15, 0.2) is 0 Å². The van der Waals surface area contributed by atoms with Crippen molar-refractivity contribution in [1.82, 2.24) is 30.2 Å². The second-order valence-corrected chi connectivity index (χ2v) is 10.4. The van der Waals surface area contributed by atoms with Gasteiger partial charge in [-0.1, -0.05) is 12.1 Å². The number of esters is 1. The first kappa shape index (κ1) is 23.8. The van der Waals surface area contributed by atoms with E-state index in [2.05, 4.69) is 30.2 Å². The van der Waals surface area contributed by atoms with Crippen molar-refractivity contribution < 1.29 is 9.53 Å². The Morgan fingerprint density at radius 2 is 2.08 bits per heavy atom. The monoisotopic (exact) mass is 496 g/mol. The van der Waals surface area contributed by atoms with Gasteiger partial charge in [-0.2, -0.15) is 0 Å². The molecule has 0 saturated carbocycles. The average Bonchev–Trinajstić information content (AvgIpc) is 3.40. The smallest absolute Gasteiger partial charge is 0.339 e. The van der Waals surface area contributed by atoms with Crippen molar-refractivity contribution in [2.24, 2.45) is 5.41 Å². The summed E-state index contributed by atoms with van der Waals surface area (Å²) in [6.45, 7) is 7.95. The lowest BCUT2D eigenvalue weighted by Gasteiger charge is -2.52. The maximum Gasteiger partial charge on any atom is 0.339 e. The van der Waals surface area contributed by atoms with Crippen LogP contribution in [0.15, 0.2) is 55.0 Å². The van der Waals surface area contributed by atoms with E-state index in [0.717, 1.165) is 78.4 Å². The van der Waals surface area contributed by atoms with Gasteiger partial charge >= 0.3 is 5.97 Å². The van der Waals surface area contributed by atoms with Crippen LogP contribution in [0.1, 0.15) is 35.3 Å². The largest absolute Gasteiger partial charge is 0.462 e. The second-order valence-electron chi connectivity index (χ2n) is 10.4. The molecule has 1 spiro atoms. The number of piperidine rings is 1. The number of hydrogen-bond acceptors (Lipinski definition) is 7. The Morgan fingerprint density at radius 3 is 2.92 bits per heavy atom. The van der Waals surface area contributed by atoms with Gasteiger partial charge in [0.2, 0.25) is 0 Å². The van der Waals surface area contributed by atoms with Gasteiger partial charge in [0.25, 0.3) is 0 Å². The van der Waals surface area contributed by atoms with E-state index in [0.29, 0.717) is 17.6 Å². The number of ether oxygens (including phenoxy) is 1. The van der Waals surface area contributed by atoms with Crippen LogP contribution >= 0.6 is 0 Å². The molecule has 8 nitrogen and oxygen atoms in total. The number of nitrogens with zero attached hydrogens (tertiary/aromatic N) is 4. The van der Waals surface area contributed by atoms with Crippen LogP contribution in [-0.2, 0) is 4.74 Å². The van der Waals surface area contributed by atoms with Crippen LogP contribution in [0.5, 0.6) is 0 Å². The number of imidazole rings is 1. The number of H-pyrrole nitrogens is 1. The summed E-state index contributed by atoms with van der Waals surface area (Å²) in [7, 11) is 0. The van der Waals surface area contributed by atoms with Crippen molar-refractivity contribution in [2.45, 2.75) is 26.2 Å². The number of fused-ring (bicyclic) bond motifs is 1. The number of carbonyl (C=O) groups excluding carboxylic acids is 1. The molecule has 2 aliphatic rings. The zero-order valence-electron chi connectivity index (χ0n) is 21.2. The van der Waals surface area contributed by atoms with E-state index in [1.165, 1.54) is 12.8 Å². The van der Waals surface area contributed by atoms with Crippen molar-refractivity contribution in [3.05, 3.63) is 66.2 Å². The molecule has 1 aromatic carbocycles. The van der Waals surface area contributed by atoms with Gasteiger partial charge in [-0.15, -0.1) is 0 Å². The van der Waals surface area contributed by atoms with Gasteiger partial charge in [0.1, 0.15) is 0 Å². The SMILES string of the molecule is Cc1cccc(-c2[nH]cnc2-c2ccc3ncc(C(=O)OCCCN4CC5(CCCNC5)C4)cc3c2)n1. The molecule has 2 saturated heterocycles. The van der Waals surface area contributed by atoms with Crippen LogP contribution in [0.4, 0.5) is 0 Å².